The Labute approximate surface area is 159 Å². The molecule has 2 amide bonds. The first-order valence-electron chi connectivity index (χ1n) is 8.54. The van der Waals surface area contributed by atoms with Crippen LogP contribution in [0.5, 0.6) is 0 Å². The molecule has 142 valence electrons. The minimum absolute atomic E-state index is 0.347. The van der Waals surface area contributed by atoms with Gasteiger partial charge >= 0.3 is 5.97 Å². The number of hydrogen-bond acceptors (Lipinski definition) is 4. The molecule has 0 bridgehead atoms. The largest absolute Gasteiger partial charge is 0.465 e. The average Bonchev–Trinajstić information content (AvgIpc) is 2.64. The van der Waals surface area contributed by atoms with Crippen molar-refractivity contribution in [3.63, 3.8) is 0 Å². The molecule has 6 nitrogen and oxygen atoms in total. The van der Waals surface area contributed by atoms with Gasteiger partial charge in [-0.1, -0.05) is 17.7 Å². The van der Waals surface area contributed by atoms with E-state index in [0.717, 1.165) is 5.56 Å². The quantitative estimate of drug-likeness (QED) is 0.666. The number of carbonyl (C=O) groups is 3. The average molecular weight is 368 g/mol. The van der Waals surface area contributed by atoms with Gasteiger partial charge in [0.2, 0.25) is 0 Å². The molecular weight excluding hydrogens is 344 g/mol. The third-order valence-corrected chi connectivity index (χ3v) is 3.92. The second kappa shape index (κ2) is 8.03. The highest BCUT2D eigenvalue weighted by Gasteiger charge is 2.29. The van der Waals surface area contributed by atoms with Crippen molar-refractivity contribution >= 4 is 17.8 Å². The van der Waals surface area contributed by atoms with Crippen molar-refractivity contribution < 1.29 is 19.1 Å². The van der Waals surface area contributed by atoms with Crippen LogP contribution in [0, 0.1) is 6.92 Å². The van der Waals surface area contributed by atoms with E-state index in [1.54, 1.807) is 18.2 Å². The van der Waals surface area contributed by atoms with Gasteiger partial charge in [0.1, 0.15) is 0 Å². The summed E-state index contributed by atoms with van der Waals surface area (Å²) in [6.45, 7) is 7.37. The van der Waals surface area contributed by atoms with E-state index in [2.05, 4.69) is 10.2 Å². The lowest BCUT2D eigenvalue weighted by atomic mass is 10.1. The van der Waals surface area contributed by atoms with Gasteiger partial charge in [0, 0.05) is 11.1 Å². The van der Waals surface area contributed by atoms with Crippen molar-refractivity contribution in [3.8, 4) is 0 Å². The highest BCUT2D eigenvalue weighted by molar-refractivity contribution is 6.00. The fourth-order valence-corrected chi connectivity index (χ4v) is 2.47. The summed E-state index contributed by atoms with van der Waals surface area (Å²) >= 11 is 0. The van der Waals surface area contributed by atoms with Gasteiger partial charge in [-0.2, -0.15) is 0 Å². The molecule has 0 atom stereocenters. The molecule has 0 spiro atoms. The summed E-state index contributed by atoms with van der Waals surface area (Å²) in [5.74, 6) is -1.22. The predicted octanol–water partition coefficient (Wildman–Crippen LogP) is 3.37. The number of hydrazine groups is 1. The van der Waals surface area contributed by atoms with E-state index in [4.69, 9.17) is 0 Å². The zero-order valence-corrected chi connectivity index (χ0v) is 16.2. The minimum Gasteiger partial charge on any atom is -0.465 e. The lowest BCUT2D eigenvalue weighted by Crippen LogP contribution is -2.55. The third kappa shape index (κ3) is 4.94. The fraction of sp³-hybridized carbons (Fsp3) is 0.286. The normalized spacial score (nSPS) is 10.9. The van der Waals surface area contributed by atoms with Crippen molar-refractivity contribution in [3.05, 3.63) is 70.8 Å². The summed E-state index contributed by atoms with van der Waals surface area (Å²) in [5.41, 5.74) is 4.17. The third-order valence-electron chi connectivity index (χ3n) is 3.92. The summed E-state index contributed by atoms with van der Waals surface area (Å²) in [6, 6.07) is 13.2. The Morgan fingerprint density at radius 3 is 2.04 bits per heavy atom. The van der Waals surface area contributed by atoms with Crippen molar-refractivity contribution in [1.29, 1.82) is 0 Å². The van der Waals surface area contributed by atoms with Gasteiger partial charge in [0.15, 0.2) is 0 Å². The topological polar surface area (TPSA) is 75.7 Å². The first-order valence-corrected chi connectivity index (χ1v) is 8.54. The number of aryl methyl sites for hydroxylation is 1. The molecule has 0 aliphatic carbocycles. The Kier molecular flexibility index (Phi) is 6.00. The van der Waals surface area contributed by atoms with Crippen LogP contribution < -0.4 is 5.43 Å². The van der Waals surface area contributed by atoms with Gasteiger partial charge in [-0.3, -0.25) is 15.0 Å². The molecule has 0 aliphatic rings. The SMILES string of the molecule is COC(=O)c1ccc(C(=O)N(NC(=O)c2cccc(C)c2)C(C)(C)C)cc1. The van der Waals surface area contributed by atoms with Gasteiger partial charge in [-0.15, -0.1) is 0 Å². The number of methoxy groups -OCH3 is 1. The number of carbonyl (C=O) groups excluding carboxylic acids is 3. The van der Waals surface area contributed by atoms with E-state index < -0.39 is 11.5 Å². The van der Waals surface area contributed by atoms with Crippen molar-refractivity contribution in [2.75, 3.05) is 7.11 Å². The monoisotopic (exact) mass is 368 g/mol. The number of hydrogen-bond donors (Lipinski definition) is 1. The molecule has 2 rings (SSSR count). The Morgan fingerprint density at radius 1 is 0.926 bits per heavy atom. The first kappa shape index (κ1) is 20.2. The zero-order valence-electron chi connectivity index (χ0n) is 16.2. The maximum atomic E-state index is 13.0. The van der Waals surface area contributed by atoms with E-state index in [-0.39, 0.29) is 11.8 Å². The summed E-state index contributed by atoms with van der Waals surface area (Å²) < 4.78 is 4.66. The van der Waals surface area contributed by atoms with Gasteiger partial charge in [0.25, 0.3) is 11.8 Å². The number of nitrogens with zero attached hydrogens (tertiary/aromatic N) is 1. The zero-order chi connectivity index (χ0) is 20.2. The van der Waals surface area contributed by atoms with Crippen molar-refractivity contribution in [2.24, 2.45) is 0 Å². The molecule has 0 radical (unpaired) electrons. The molecule has 0 aliphatic heterocycles. The Balaban J connectivity index is 2.27. The maximum absolute atomic E-state index is 13.0. The molecule has 6 heteroatoms. The second-order valence-corrected chi connectivity index (χ2v) is 7.19. The van der Waals surface area contributed by atoms with Crippen molar-refractivity contribution in [2.45, 2.75) is 33.2 Å². The molecule has 1 N–H and O–H groups in total. The number of benzene rings is 2. The van der Waals surface area contributed by atoms with Gasteiger partial charge < -0.3 is 4.74 Å². The highest BCUT2D eigenvalue weighted by Crippen LogP contribution is 2.17. The standard InChI is InChI=1S/C21H24N2O4/c1-14-7-6-8-17(13-14)18(24)22-23(21(2,3)4)19(25)15-9-11-16(12-10-15)20(26)27-5/h6-13H,1-5H3,(H,22,24). The van der Waals surface area contributed by atoms with Gasteiger partial charge in [-0.25, -0.2) is 9.80 Å². The van der Waals surface area contributed by atoms with Crippen LogP contribution >= 0.6 is 0 Å². The highest BCUT2D eigenvalue weighted by atomic mass is 16.5. The van der Waals surface area contributed by atoms with Crippen LogP contribution in [-0.4, -0.2) is 35.4 Å². The fourth-order valence-electron chi connectivity index (χ4n) is 2.47. The smallest absolute Gasteiger partial charge is 0.337 e. The molecule has 2 aromatic carbocycles. The van der Waals surface area contributed by atoms with Crippen LogP contribution in [0.1, 0.15) is 57.4 Å². The lowest BCUT2D eigenvalue weighted by molar-refractivity contribution is 0.0358. The first-order chi connectivity index (χ1) is 12.6. The summed E-state index contributed by atoms with van der Waals surface area (Å²) in [4.78, 5) is 37.1. The number of nitrogens with one attached hydrogen (secondary N) is 1. The van der Waals surface area contributed by atoms with Crippen LogP contribution in [0.15, 0.2) is 48.5 Å². The van der Waals surface area contributed by atoms with E-state index in [1.807, 2.05) is 33.8 Å². The number of rotatable bonds is 3. The van der Waals surface area contributed by atoms with E-state index >= 15 is 0 Å². The van der Waals surface area contributed by atoms with Gasteiger partial charge in [0.05, 0.1) is 18.2 Å². The van der Waals surface area contributed by atoms with Crippen molar-refractivity contribution in [1.82, 2.24) is 10.4 Å². The number of esters is 1. The van der Waals surface area contributed by atoms with Crippen LogP contribution in [0.2, 0.25) is 0 Å². The molecule has 0 aromatic heterocycles. The van der Waals surface area contributed by atoms with E-state index in [9.17, 15) is 14.4 Å². The predicted molar refractivity (Wildman–Crippen MR) is 102 cm³/mol. The van der Waals surface area contributed by atoms with Crippen LogP contribution in [0.25, 0.3) is 0 Å². The number of amides is 2. The van der Waals surface area contributed by atoms with Crippen LogP contribution in [-0.2, 0) is 4.74 Å². The molecule has 0 saturated carbocycles. The summed E-state index contributed by atoms with van der Waals surface area (Å²) in [6.07, 6.45) is 0. The Morgan fingerprint density at radius 2 is 1.52 bits per heavy atom. The molecular formula is C21H24N2O4. The Bertz CT molecular complexity index is 851. The molecule has 0 heterocycles. The van der Waals surface area contributed by atoms with E-state index in [0.29, 0.717) is 16.7 Å². The van der Waals surface area contributed by atoms with Crippen LogP contribution in [0.3, 0.4) is 0 Å². The van der Waals surface area contributed by atoms with Crippen LogP contribution in [0.4, 0.5) is 0 Å². The maximum Gasteiger partial charge on any atom is 0.337 e. The summed E-state index contributed by atoms with van der Waals surface area (Å²) in [7, 11) is 1.30. The molecule has 0 saturated heterocycles. The molecule has 27 heavy (non-hydrogen) atoms. The van der Waals surface area contributed by atoms with Gasteiger partial charge in [-0.05, 0) is 64.1 Å². The minimum atomic E-state index is -0.655. The lowest BCUT2D eigenvalue weighted by Gasteiger charge is -2.35. The second-order valence-electron chi connectivity index (χ2n) is 7.19. The number of ether oxygens (including phenoxy) is 1. The molecule has 2 aromatic rings. The van der Waals surface area contributed by atoms with E-state index in [1.165, 1.54) is 36.4 Å². The molecule has 0 fully saturated rings. The Hall–Kier alpha value is -3.15. The summed E-state index contributed by atoms with van der Waals surface area (Å²) in [5, 5.41) is 1.30. The molecule has 0 unspecified atom stereocenters.